The first-order chi connectivity index (χ1) is 9.69. The van der Waals surface area contributed by atoms with Gasteiger partial charge in [-0.25, -0.2) is 0 Å². The molecule has 1 heterocycles. The minimum atomic E-state index is 0. The fraction of sp³-hybridized carbons (Fsp3) is 0.588. The SMILES string of the molecule is CNCC1CCN(C(=O)CCCc2ccc(C)cc2)C1.Cl. The third kappa shape index (κ3) is 5.68. The normalized spacial score (nSPS) is 17.6. The van der Waals surface area contributed by atoms with Gasteiger partial charge in [-0.05, 0) is 51.3 Å². The molecule has 0 saturated carbocycles. The van der Waals surface area contributed by atoms with Crippen LogP contribution < -0.4 is 5.32 Å². The van der Waals surface area contributed by atoms with Crippen molar-refractivity contribution >= 4 is 18.3 Å². The summed E-state index contributed by atoms with van der Waals surface area (Å²) < 4.78 is 0. The molecule has 2 rings (SSSR count). The molecule has 1 fully saturated rings. The van der Waals surface area contributed by atoms with Crippen LogP contribution in [0.3, 0.4) is 0 Å². The van der Waals surface area contributed by atoms with E-state index in [0.29, 0.717) is 18.2 Å². The number of hydrogen-bond acceptors (Lipinski definition) is 2. The van der Waals surface area contributed by atoms with E-state index >= 15 is 0 Å². The van der Waals surface area contributed by atoms with Gasteiger partial charge in [0.1, 0.15) is 0 Å². The number of nitrogens with one attached hydrogen (secondary N) is 1. The molecule has 1 atom stereocenters. The lowest BCUT2D eigenvalue weighted by Crippen LogP contribution is -2.30. The number of halogens is 1. The highest BCUT2D eigenvalue weighted by Crippen LogP contribution is 2.17. The Labute approximate surface area is 134 Å². The van der Waals surface area contributed by atoms with Gasteiger partial charge in [-0.2, -0.15) is 0 Å². The van der Waals surface area contributed by atoms with Gasteiger partial charge in [-0.15, -0.1) is 12.4 Å². The minimum Gasteiger partial charge on any atom is -0.342 e. The molecule has 1 aliphatic rings. The van der Waals surface area contributed by atoms with Gasteiger partial charge in [-0.3, -0.25) is 4.79 Å². The fourth-order valence-corrected chi connectivity index (χ4v) is 2.87. The highest BCUT2D eigenvalue weighted by molar-refractivity contribution is 5.85. The first-order valence-electron chi connectivity index (χ1n) is 7.67. The van der Waals surface area contributed by atoms with Gasteiger partial charge in [0.2, 0.25) is 5.91 Å². The number of nitrogens with zero attached hydrogens (tertiary/aromatic N) is 1. The number of amides is 1. The molecule has 1 aromatic rings. The largest absolute Gasteiger partial charge is 0.342 e. The average Bonchev–Trinajstić information content (AvgIpc) is 2.90. The highest BCUT2D eigenvalue weighted by Gasteiger charge is 2.24. The molecule has 21 heavy (non-hydrogen) atoms. The zero-order valence-corrected chi connectivity index (χ0v) is 13.9. The molecule has 118 valence electrons. The van der Waals surface area contributed by atoms with Crippen LogP contribution in [0.4, 0.5) is 0 Å². The van der Waals surface area contributed by atoms with Crippen LogP contribution in [0.25, 0.3) is 0 Å². The lowest BCUT2D eigenvalue weighted by atomic mass is 10.1. The fourth-order valence-electron chi connectivity index (χ4n) is 2.87. The summed E-state index contributed by atoms with van der Waals surface area (Å²) in [5.74, 6) is 0.969. The van der Waals surface area contributed by atoms with Crippen LogP contribution in [0.1, 0.15) is 30.4 Å². The van der Waals surface area contributed by atoms with Crippen LogP contribution in [0, 0.1) is 12.8 Å². The molecule has 3 nitrogen and oxygen atoms in total. The van der Waals surface area contributed by atoms with E-state index in [1.54, 1.807) is 0 Å². The monoisotopic (exact) mass is 310 g/mol. The number of likely N-dealkylation sites (tertiary alicyclic amines) is 1. The standard InChI is InChI=1S/C17H26N2O.ClH/c1-14-6-8-15(9-7-14)4-3-5-17(20)19-11-10-16(13-19)12-18-2;/h6-9,16,18H,3-5,10-13H2,1-2H3;1H. The first-order valence-corrected chi connectivity index (χ1v) is 7.67. The van der Waals surface area contributed by atoms with Crippen molar-refractivity contribution < 1.29 is 4.79 Å². The molecule has 1 aliphatic heterocycles. The van der Waals surface area contributed by atoms with Gasteiger partial charge in [-0.1, -0.05) is 29.8 Å². The van der Waals surface area contributed by atoms with Crippen LogP contribution in [0.15, 0.2) is 24.3 Å². The summed E-state index contributed by atoms with van der Waals surface area (Å²) in [7, 11) is 1.98. The number of carbonyl (C=O) groups is 1. The summed E-state index contributed by atoms with van der Waals surface area (Å²) in [6, 6.07) is 8.61. The van der Waals surface area contributed by atoms with Gasteiger partial charge in [0, 0.05) is 19.5 Å². The molecular formula is C17H27ClN2O. The van der Waals surface area contributed by atoms with E-state index in [1.807, 2.05) is 11.9 Å². The van der Waals surface area contributed by atoms with Crippen LogP contribution in [0.5, 0.6) is 0 Å². The van der Waals surface area contributed by atoms with E-state index in [4.69, 9.17) is 0 Å². The molecule has 0 bridgehead atoms. The zero-order chi connectivity index (χ0) is 14.4. The summed E-state index contributed by atoms with van der Waals surface area (Å²) in [6.45, 7) is 5.00. The molecule has 4 heteroatoms. The second-order valence-corrected chi connectivity index (χ2v) is 5.89. The first kappa shape index (κ1) is 18.0. The van der Waals surface area contributed by atoms with Gasteiger partial charge >= 0.3 is 0 Å². The summed E-state index contributed by atoms with van der Waals surface area (Å²) in [5.41, 5.74) is 2.62. The minimum absolute atomic E-state index is 0. The highest BCUT2D eigenvalue weighted by atomic mass is 35.5. The van der Waals surface area contributed by atoms with Gasteiger partial charge in [0.25, 0.3) is 0 Å². The zero-order valence-electron chi connectivity index (χ0n) is 13.1. The molecule has 1 aromatic carbocycles. The summed E-state index contributed by atoms with van der Waals surface area (Å²) in [5, 5.41) is 3.20. The van der Waals surface area contributed by atoms with Crippen molar-refractivity contribution in [2.75, 3.05) is 26.7 Å². The maximum atomic E-state index is 12.1. The molecule has 1 unspecified atom stereocenters. The van der Waals surface area contributed by atoms with Crippen molar-refractivity contribution in [2.24, 2.45) is 5.92 Å². The maximum Gasteiger partial charge on any atom is 0.222 e. The lowest BCUT2D eigenvalue weighted by molar-refractivity contribution is -0.130. The van der Waals surface area contributed by atoms with Crippen molar-refractivity contribution in [2.45, 2.75) is 32.6 Å². The average molecular weight is 311 g/mol. The van der Waals surface area contributed by atoms with Crippen LogP contribution >= 0.6 is 12.4 Å². The Morgan fingerprint density at radius 2 is 2.05 bits per heavy atom. The summed E-state index contributed by atoms with van der Waals surface area (Å²) >= 11 is 0. The van der Waals surface area contributed by atoms with Gasteiger partial charge in [0.15, 0.2) is 0 Å². The van der Waals surface area contributed by atoms with Crippen molar-refractivity contribution in [3.8, 4) is 0 Å². The third-order valence-electron chi connectivity index (χ3n) is 4.11. The summed E-state index contributed by atoms with van der Waals surface area (Å²) in [4.78, 5) is 14.2. The molecule has 1 N–H and O–H groups in total. The molecule has 1 amide bonds. The van der Waals surface area contributed by atoms with E-state index in [0.717, 1.165) is 38.9 Å². The van der Waals surface area contributed by atoms with Crippen molar-refractivity contribution in [1.29, 1.82) is 0 Å². The summed E-state index contributed by atoms with van der Waals surface area (Å²) in [6.07, 6.45) is 3.78. The predicted octanol–water partition coefficient (Wildman–Crippen LogP) is 2.81. The molecule has 0 radical (unpaired) electrons. The van der Waals surface area contributed by atoms with Crippen molar-refractivity contribution in [1.82, 2.24) is 10.2 Å². The molecule has 1 saturated heterocycles. The number of carbonyl (C=O) groups excluding carboxylic acids is 1. The van der Waals surface area contributed by atoms with E-state index < -0.39 is 0 Å². The molecular weight excluding hydrogens is 284 g/mol. The Morgan fingerprint density at radius 1 is 1.33 bits per heavy atom. The van der Waals surface area contributed by atoms with Crippen LogP contribution in [0.2, 0.25) is 0 Å². The molecule has 0 aromatic heterocycles. The second kappa shape index (κ2) is 9.06. The lowest BCUT2D eigenvalue weighted by Gasteiger charge is -2.16. The molecule has 0 aliphatic carbocycles. The number of aryl methyl sites for hydroxylation is 2. The number of hydrogen-bond donors (Lipinski definition) is 1. The van der Waals surface area contributed by atoms with E-state index in [1.165, 1.54) is 11.1 Å². The van der Waals surface area contributed by atoms with Gasteiger partial charge in [0.05, 0.1) is 0 Å². The Balaban J connectivity index is 0.00000220. The van der Waals surface area contributed by atoms with Crippen LogP contribution in [-0.4, -0.2) is 37.5 Å². The number of rotatable bonds is 6. The van der Waals surface area contributed by atoms with E-state index in [2.05, 4.69) is 36.5 Å². The second-order valence-electron chi connectivity index (χ2n) is 5.89. The van der Waals surface area contributed by atoms with Crippen LogP contribution in [-0.2, 0) is 11.2 Å². The Morgan fingerprint density at radius 3 is 2.71 bits per heavy atom. The van der Waals surface area contributed by atoms with E-state index in [9.17, 15) is 4.79 Å². The Hall–Kier alpha value is -1.06. The third-order valence-corrected chi connectivity index (χ3v) is 4.11. The topological polar surface area (TPSA) is 32.3 Å². The Bertz CT molecular complexity index is 433. The predicted molar refractivity (Wildman–Crippen MR) is 90.0 cm³/mol. The van der Waals surface area contributed by atoms with Gasteiger partial charge < -0.3 is 10.2 Å². The van der Waals surface area contributed by atoms with E-state index in [-0.39, 0.29) is 12.4 Å². The van der Waals surface area contributed by atoms with Crippen molar-refractivity contribution in [3.05, 3.63) is 35.4 Å². The Kier molecular flexibility index (Phi) is 7.76. The quantitative estimate of drug-likeness (QED) is 0.876. The maximum absolute atomic E-state index is 12.1. The van der Waals surface area contributed by atoms with Crippen molar-refractivity contribution in [3.63, 3.8) is 0 Å². The molecule has 0 spiro atoms. The smallest absolute Gasteiger partial charge is 0.222 e. The number of benzene rings is 1.